The molecule has 0 unspecified atom stereocenters. The molecule has 0 spiro atoms. The summed E-state index contributed by atoms with van der Waals surface area (Å²) >= 11 is 1.67. The van der Waals surface area contributed by atoms with Gasteiger partial charge in [-0.3, -0.25) is 9.69 Å². The van der Waals surface area contributed by atoms with Crippen LogP contribution in [0.5, 0.6) is 0 Å². The van der Waals surface area contributed by atoms with Crippen LogP contribution >= 0.6 is 11.3 Å². The number of benzene rings is 1. The number of thiophene rings is 1. The van der Waals surface area contributed by atoms with Crippen molar-refractivity contribution in [1.29, 1.82) is 0 Å². The minimum Gasteiger partial charge on any atom is -0.365 e. The van der Waals surface area contributed by atoms with Crippen molar-refractivity contribution in [1.82, 2.24) is 10.2 Å². The van der Waals surface area contributed by atoms with Crippen molar-refractivity contribution in [3.8, 4) is 0 Å². The Kier molecular flexibility index (Phi) is 6.89. The summed E-state index contributed by atoms with van der Waals surface area (Å²) in [4.78, 5) is 19.3. The molecule has 2 atom stereocenters. The average Bonchev–Trinajstić information content (AvgIpc) is 3.36. The van der Waals surface area contributed by atoms with Crippen molar-refractivity contribution >= 4 is 22.9 Å². The van der Waals surface area contributed by atoms with Crippen molar-refractivity contribution in [2.75, 3.05) is 31.1 Å². The molecular formula is C26H32F3N3OS. The van der Waals surface area contributed by atoms with Crippen LogP contribution in [0.3, 0.4) is 0 Å². The van der Waals surface area contributed by atoms with Crippen molar-refractivity contribution in [3.05, 3.63) is 51.7 Å². The molecule has 3 aliphatic rings. The van der Waals surface area contributed by atoms with Crippen LogP contribution in [0.4, 0.5) is 18.9 Å². The Balaban J connectivity index is 1.37. The molecule has 0 radical (unpaired) electrons. The molecule has 8 heteroatoms. The van der Waals surface area contributed by atoms with Crippen molar-refractivity contribution in [2.24, 2.45) is 5.92 Å². The fourth-order valence-corrected chi connectivity index (χ4v) is 6.70. The number of amides is 1. The van der Waals surface area contributed by atoms with Gasteiger partial charge in [0.15, 0.2) is 0 Å². The number of fused-ring (bicyclic) bond motifs is 3. The van der Waals surface area contributed by atoms with Gasteiger partial charge in [-0.1, -0.05) is 25.3 Å². The summed E-state index contributed by atoms with van der Waals surface area (Å²) in [5.74, 6) is -0.397. The summed E-state index contributed by atoms with van der Waals surface area (Å²) in [5.41, 5.74) is 0.863. The number of halogens is 3. The highest BCUT2D eigenvalue weighted by Crippen LogP contribution is 2.40. The highest BCUT2D eigenvalue weighted by molar-refractivity contribution is 7.09. The second kappa shape index (κ2) is 9.90. The fraction of sp³-hybridized carbons (Fsp3) is 0.577. The van der Waals surface area contributed by atoms with Gasteiger partial charge in [0.25, 0.3) is 0 Å². The molecule has 2 fully saturated rings. The van der Waals surface area contributed by atoms with E-state index in [1.807, 2.05) is 11.4 Å². The van der Waals surface area contributed by atoms with Crippen LogP contribution in [-0.2, 0) is 23.8 Å². The standard InChI is InChI=1S/C26H32F3N3OS/c27-26(28,29)19-8-9-23-18(15-19)16-22(25(33)30-11-10-21-7-4-14-34-21)24-17-31(12-13-32(23)24)20-5-2-1-3-6-20/h4,7-9,14-15,20,22,24H,1-3,5-6,10-13,16-17H2,(H,30,33)/t22-,24+/m1/s1. The van der Waals surface area contributed by atoms with Gasteiger partial charge in [-0.05, 0) is 60.9 Å². The highest BCUT2D eigenvalue weighted by Gasteiger charge is 2.43. The largest absolute Gasteiger partial charge is 0.416 e. The Morgan fingerprint density at radius 1 is 1.12 bits per heavy atom. The number of carbonyl (C=O) groups is 1. The van der Waals surface area contributed by atoms with Gasteiger partial charge in [0.2, 0.25) is 5.91 Å². The lowest BCUT2D eigenvalue weighted by Gasteiger charge is -2.51. The SMILES string of the molecule is O=C(NCCc1cccs1)[C@@H]1Cc2cc(C(F)(F)F)ccc2N2CCN(C3CCCCC3)C[C@@H]12. The molecule has 34 heavy (non-hydrogen) atoms. The van der Waals surface area contributed by atoms with Gasteiger partial charge in [-0.2, -0.15) is 13.2 Å². The fourth-order valence-electron chi connectivity index (χ4n) is 5.99. The van der Waals surface area contributed by atoms with Crippen molar-refractivity contribution < 1.29 is 18.0 Å². The topological polar surface area (TPSA) is 35.6 Å². The third-order valence-corrected chi connectivity index (χ3v) is 8.69. The van der Waals surface area contributed by atoms with Gasteiger partial charge in [0.05, 0.1) is 17.5 Å². The minimum absolute atomic E-state index is 0.0124. The predicted octanol–water partition coefficient (Wildman–Crippen LogP) is 5.12. The maximum absolute atomic E-state index is 13.4. The highest BCUT2D eigenvalue weighted by atomic mass is 32.1. The normalized spacial score (nSPS) is 23.9. The number of nitrogens with one attached hydrogen (secondary N) is 1. The zero-order valence-corrected chi connectivity index (χ0v) is 20.1. The molecule has 5 rings (SSSR count). The Morgan fingerprint density at radius 2 is 1.94 bits per heavy atom. The van der Waals surface area contributed by atoms with E-state index in [-0.39, 0.29) is 17.9 Å². The smallest absolute Gasteiger partial charge is 0.365 e. The quantitative estimate of drug-likeness (QED) is 0.631. The van der Waals surface area contributed by atoms with Gasteiger partial charge < -0.3 is 10.2 Å². The zero-order chi connectivity index (χ0) is 23.7. The molecule has 1 aliphatic carbocycles. The molecule has 1 saturated carbocycles. The van der Waals surface area contributed by atoms with Gasteiger partial charge in [0.1, 0.15) is 0 Å². The molecule has 2 aliphatic heterocycles. The lowest BCUT2D eigenvalue weighted by molar-refractivity contribution is -0.137. The molecule has 1 N–H and O–H groups in total. The molecule has 1 aromatic heterocycles. The van der Waals surface area contributed by atoms with E-state index in [9.17, 15) is 18.0 Å². The summed E-state index contributed by atoms with van der Waals surface area (Å²) in [6.45, 7) is 2.99. The summed E-state index contributed by atoms with van der Waals surface area (Å²) in [5, 5.41) is 5.12. The van der Waals surface area contributed by atoms with Crippen molar-refractivity contribution in [3.63, 3.8) is 0 Å². The summed E-state index contributed by atoms with van der Waals surface area (Å²) < 4.78 is 40.2. The number of alkyl halides is 3. The van der Waals surface area contributed by atoms with E-state index in [1.54, 1.807) is 17.4 Å². The number of piperazine rings is 1. The number of rotatable bonds is 5. The van der Waals surface area contributed by atoms with Crippen LogP contribution in [0.1, 0.15) is 48.1 Å². The minimum atomic E-state index is -4.38. The lowest BCUT2D eigenvalue weighted by atomic mass is 9.82. The van der Waals surface area contributed by atoms with Crippen LogP contribution in [0.15, 0.2) is 35.7 Å². The molecule has 2 aromatic rings. The van der Waals surface area contributed by atoms with E-state index in [4.69, 9.17) is 0 Å². The van der Waals surface area contributed by atoms with Gasteiger partial charge in [0, 0.05) is 42.8 Å². The number of hydrogen-bond donors (Lipinski definition) is 1. The second-order valence-electron chi connectivity index (χ2n) is 9.82. The Labute approximate surface area is 203 Å². The number of hydrogen-bond acceptors (Lipinski definition) is 4. The first-order valence-corrected chi connectivity index (χ1v) is 13.3. The van der Waals surface area contributed by atoms with Crippen LogP contribution in [0, 0.1) is 5.92 Å². The molecule has 0 bridgehead atoms. The van der Waals surface area contributed by atoms with Crippen LogP contribution < -0.4 is 10.2 Å². The zero-order valence-electron chi connectivity index (χ0n) is 19.3. The van der Waals surface area contributed by atoms with Gasteiger partial charge in [-0.25, -0.2) is 0 Å². The third kappa shape index (κ3) is 4.98. The Bertz CT molecular complexity index is 988. The van der Waals surface area contributed by atoms with Gasteiger partial charge in [-0.15, -0.1) is 11.3 Å². The first kappa shape index (κ1) is 23.7. The van der Waals surface area contributed by atoms with E-state index in [0.29, 0.717) is 24.6 Å². The van der Waals surface area contributed by atoms with Crippen LogP contribution in [-0.4, -0.2) is 49.1 Å². The van der Waals surface area contributed by atoms with E-state index in [2.05, 4.69) is 21.2 Å². The second-order valence-corrected chi connectivity index (χ2v) is 10.9. The molecule has 4 nitrogen and oxygen atoms in total. The van der Waals surface area contributed by atoms with E-state index in [1.165, 1.54) is 49.1 Å². The maximum atomic E-state index is 13.4. The summed E-state index contributed by atoms with van der Waals surface area (Å²) in [7, 11) is 0. The number of carbonyl (C=O) groups excluding carboxylic acids is 1. The monoisotopic (exact) mass is 491 g/mol. The van der Waals surface area contributed by atoms with Crippen molar-refractivity contribution in [2.45, 2.75) is 63.2 Å². The molecule has 1 aromatic carbocycles. The number of nitrogens with zero attached hydrogens (tertiary/aromatic N) is 2. The predicted molar refractivity (Wildman–Crippen MR) is 129 cm³/mol. The first-order valence-electron chi connectivity index (χ1n) is 12.4. The third-order valence-electron chi connectivity index (χ3n) is 7.75. The molecule has 184 valence electrons. The van der Waals surface area contributed by atoms with Gasteiger partial charge >= 0.3 is 6.18 Å². The van der Waals surface area contributed by atoms with E-state index < -0.39 is 11.7 Å². The molecular weight excluding hydrogens is 459 g/mol. The Morgan fingerprint density at radius 3 is 2.68 bits per heavy atom. The summed E-state index contributed by atoms with van der Waals surface area (Å²) in [6.07, 6.45) is 2.95. The Hall–Kier alpha value is -2.06. The van der Waals surface area contributed by atoms with Crippen LogP contribution in [0.25, 0.3) is 0 Å². The molecule has 3 heterocycles. The van der Waals surface area contributed by atoms with E-state index in [0.717, 1.165) is 31.7 Å². The maximum Gasteiger partial charge on any atom is 0.416 e. The average molecular weight is 492 g/mol. The molecule has 1 saturated heterocycles. The first-order chi connectivity index (χ1) is 16.4. The number of anilines is 1. The lowest BCUT2D eigenvalue weighted by Crippen LogP contribution is -2.62. The van der Waals surface area contributed by atoms with E-state index >= 15 is 0 Å². The van der Waals surface area contributed by atoms with Crippen LogP contribution in [0.2, 0.25) is 0 Å². The summed E-state index contributed by atoms with van der Waals surface area (Å²) in [6, 6.07) is 8.66. The molecule has 1 amide bonds.